The topological polar surface area (TPSA) is 129 Å². The molecule has 0 atom stereocenters. The predicted octanol–water partition coefficient (Wildman–Crippen LogP) is 1.15. The van der Waals surface area contributed by atoms with E-state index in [4.69, 9.17) is 21.0 Å². The third-order valence-electron chi connectivity index (χ3n) is 2.84. The molecule has 0 heterocycles. The van der Waals surface area contributed by atoms with Crippen molar-refractivity contribution < 1.29 is 9.59 Å². The van der Waals surface area contributed by atoms with Crippen LogP contribution in [0, 0.1) is 45.3 Å². The maximum absolute atomic E-state index is 12.2. The summed E-state index contributed by atoms with van der Waals surface area (Å²) in [6.07, 6.45) is 0. The molecule has 1 aliphatic rings. The number of allylic oxidation sites excluding steroid dienone is 2. The quantitative estimate of drug-likeness (QED) is 0.686. The van der Waals surface area contributed by atoms with Crippen LogP contribution < -0.4 is 0 Å². The number of rotatable bonds is 0. The van der Waals surface area contributed by atoms with Crippen molar-refractivity contribution in [3.05, 3.63) is 45.5 Å². The number of carbonyl (C=O) groups excluding carboxylic acids is 2. The van der Waals surface area contributed by atoms with Gasteiger partial charge in [-0.25, -0.2) is 0 Å². The molecule has 0 aliphatic heterocycles. The van der Waals surface area contributed by atoms with Crippen LogP contribution in [-0.2, 0) is 0 Å². The lowest BCUT2D eigenvalue weighted by Crippen LogP contribution is -2.22. The molecule has 1 aromatic rings. The van der Waals surface area contributed by atoms with Crippen molar-refractivity contribution in [3.63, 3.8) is 0 Å². The minimum absolute atomic E-state index is 0.0647. The zero-order valence-electron chi connectivity index (χ0n) is 9.76. The summed E-state index contributed by atoms with van der Waals surface area (Å²) in [5.41, 5.74) is -1.89. The summed E-state index contributed by atoms with van der Waals surface area (Å²) in [4.78, 5) is 24.2. The van der Waals surface area contributed by atoms with Crippen molar-refractivity contribution in [2.75, 3.05) is 0 Å². The molecule has 2 rings (SSSR count). The Balaban J connectivity index is 2.94. The molecule has 1 aliphatic carbocycles. The number of nitrogens with zero attached hydrogens (tertiary/aromatic N) is 4. The highest BCUT2D eigenvalue weighted by Gasteiger charge is 2.35. The van der Waals surface area contributed by atoms with Crippen molar-refractivity contribution in [3.8, 4) is 24.3 Å². The first-order valence-corrected chi connectivity index (χ1v) is 5.21. The molecule has 0 amide bonds. The second-order valence-electron chi connectivity index (χ2n) is 3.77. The van der Waals surface area contributed by atoms with Crippen molar-refractivity contribution in [2.45, 2.75) is 0 Å². The van der Waals surface area contributed by atoms with Gasteiger partial charge in [0.25, 0.3) is 0 Å². The number of fused-ring (bicyclic) bond motifs is 1. The third kappa shape index (κ3) is 1.47. The lowest BCUT2D eigenvalue weighted by Gasteiger charge is -2.15. The molecule has 6 heteroatoms. The maximum Gasteiger partial charge on any atom is 0.207 e. The number of Topliss-reactive ketones (excluding diaryl/α,β-unsaturated/α-hetero) is 2. The Bertz CT molecular complexity index is 880. The van der Waals surface area contributed by atoms with E-state index in [0.29, 0.717) is 0 Å². The van der Waals surface area contributed by atoms with Crippen LogP contribution in [0.25, 0.3) is 0 Å². The van der Waals surface area contributed by atoms with Crippen LogP contribution >= 0.6 is 0 Å². The molecule has 20 heavy (non-hydrogen) atoms. The Kier molecular flexibility index (Phi) is 2.86. The summed E-state index contributed by atoms with van der Waals surface area (Å²) in [5.74, 6) is -1.67. The van der Waals surface area contributed by atoms with Gasteiger partial charge in [0.05, 0.1) is 16.7 Å². The Hall–Kier alpha value is -3.74. The molecule has 0 saturated carbocycles. The van der Waals surface area contributed by atoms with E-state index in [-0.39, 0.29) is 22.3 Å². The van der Waals surface area contributed by atoms with Crippen molar-refractivity contribution in [2.24, 2.45) is 0 Å². The largest absolute Gasteiger partial charge is 0.288 e. The summed E-state index contributed by atoms with van der Waals surface area (Å²) in [6.45, 7) is 0. The fourth-order valence-corrected chi connectivity index (χ4v) is 1.94. The van der Waals surface area contributed by atoms with Crippen LogP contribution in [-0.4, -0.2) is 11.6 Å². The van der Waals surface area contributed by atoms with E-state index >= 15 is 0 Å². The molecule has 90 valence electrons. The van der Waals surface area contributed by atoms with Gasteiger partial charge in [-0.05, 0) is 12.1 Å². The second-order valence-corrected chi connectivity index (χ2v) is 3.77. The predicted molar refractivity (Wildman–Crippen MR) is 62.8 cm³/mol. The van der Waals surface area contributed by atoms with Gasteiger partial charge < -0.3 is 0 Å². The highest BCUT2D eigenvalue weighted by atomic mass is 16.1. The van der Waals surface area contributed by atoms with Gasteiger partial charge in [0.15, 0.2) is 0 Å². The maximum atomic E-state index is 12.2. The highest BCUT2D eigenvalue weighted by molar-refractivity contribution is 6.30. The fourth-order valence-electron chi connectivity index (χ4n) is 1.94. The van der Waals surface area contributed by atoms with E-state index in [9.17, 15) is 9.59 Å². The van der Waals surface area contributed by atoms with E-state index < -0.39 is 22.7 Å². The molecule has 0 saturated heterocycles. The summed E-state index contributed by atoms with van der Waals surface area (Å²) in [6, 6.07) is 8.91. The van der Waals surface area contributed by atoms with Crippen LogP contribution in [0.2, 0.25) is 0 Å². The second kappa shape index (κ2) is 4.50. The molecular formula is C14H2N4O2. The zero-order chi connectivity index (χ0) is 14.9. The lowest BCUT2D eigenvalue weighted by molar-refractivity contribution is 0.0982. The molecule has 0 spiro atoms. The van der Waals surface area contributed by atoms with E-state index in [2.05, 4.69) is 0 Å². The Morgan fingerprint density at radius 3 is 1.85 bits per heavy atom. The average Bonchev–Trinajstić information content (AvgIpc) is 2.48. The smallest absolute Gasteiger partial charge is 0.207 e. The standard InChI is InChI=1S/C14H2N4O2/c15-3-7-1-2-8-12(9(7)4-16)14(20)11(6-18)10(5-17)13(8)19/h1-2H. The summed E-state index contributed by atoms with van der Waals surface area (Å²) < 4.78 is 0. The molecule has 0 N–H and O–H groups in total. The van der Waals surface area contributed by atoms with Gasteiger partial charge in [0.1, 0.15) is 35.4 Å². The van der Waals surface area contributed by atoms with Gasteiger partial charge in [0.2, 0.25) is 11.6 Å². The van der Waals surface area contributed by atoms with Crippen molar-refractivity contribution in [1.29, 1.82) is 21.0 Å². The summed E-state index contributed by atoms with van der Waals surface area (Å²) in [5, 5.41) is 35.8. The SMILES string of the molecule is N#CC1=C(C#N)C(=O)c2c(ccc(C#N)c2C#N)C1=O. The molecular weight excluding hydrogens is 256 g/mol. The van der Waals surface area contributed by atoms with Gasteiger partial charge in [-0.3, -0.25) is 9.59 Å². The Labute approximate surface area is 113 Å². The molecule has 0 unspecified atom stereocenters. The third-order valence-corrected chi connectivity index (χ3v) is 2.84. The number of benzene rings is 1. The summed E-state index contributed by atoms with van der Waals surface area (Å²) in [7, 11) is 0. The number of hydrogen-bond acceptors (Lipinski definition) is 6. The summed E-state index contributed by atoms with van der Waals surface area (Å²) >= 11 is 0. The van der Waals surface area contributed by atoms with Gasteiger partial charge in [-0.15, -0.1) is 0 Å². The van der Waals surface area contributed by atoms with Crippen LogP contribution in [0.15, 0.2) is 23.3 Å². The number of ketones is 2. The van der Waals surface area contributed by atoms with Crippen LogP contribution in [0.1, 0.15) is 31.8 Å². The number of hydrogen-bond donors (Lipinski definition) is 0. The average molecular weight is 258 g/mol. The first-order chi connectivity index (χ1) is 9.60. The molecule has 6 nitrogen and oxygen atoms in total. The van der Waals surface area contributed by atoms with E-state index in [0.717, 1.165) is 0 Å². The zero-order valence-corrected chi connectivity index (χ0v) is 9.76. The van der Waals surface area contributed by atoms with E-state index in [1.807, 2.05) is 0 Å². The highest BCUT2D eigenvalue weighted by Crippen LogP contribution is 2.29. The molecule has 0 fully saturated rings. The van der Waals surface area contributed by atoms with Crippen LogP contribution in [0.3, 0.4) is 0 Å². The first kappa shape index (κ1) is 12.7. The Morgan fingerprint density at radius 1 is 0.750 bits per heavy atom. The molecule has 0 radical (unpaired) electrons. The Morgan fingerprint density at radius 2 is 1.35 bits per heavy atom. The monoisotopic (exact) mass is 258 g/mol. The minimum atomic E-state index is -0.882. The number of carbonyl (C=O) groups is 2. The van der Waals surface area contributed by atoms with Crippen molar-refractivity contribution >= 4 is 11.6 Å². The van der Waals surface area contributed by atoms with Crippen LogP contribution in [0.4, 0.5) is 0 Å². The van der Waals surface area contributed by atoms with Gasteiger partial charge in [-0.2, -0.15) is 21.0 Å². The number of nitriles is 4. The van der Waals surface area contributed by atoms with E-state index in [1.165, 1.54) is 24.3 Å². The van der Waals surface area contributed by atoms with Crippen molar-refractivity contribution in [1.82, 2.24) is 0 Å². The van der Waals surface area contributed by atoms with Gasteiger partial charge >= 0.3 is 0 Å². The minimum Gasteiger partial charge on any atom is -0.288 e. The normalized spacial score (nSPS) is 12.8. The first-order valence-electron chi connectivity index (χ1n) is 5.21. The fraction of sp³-hybridized carbons (Fsp3) is 0. The lowest BCUT2D eigenvalue weighted by atomic mass is 9.81. The van der Waals surface area contributed by atoms with Gasteiger partial charge in [0, 0.05) is 5.56 Å². The molecule has 0 bridgehead atoms. The van der Waals surface area contributed by atoms with E-state index in [1.54, 1.807) is 12.1 Å². The molecule has 0 aromatic heterocycles. The van der Waals surface area contributed by atoms with Crippen LogP contribution in [0.5, 0.6) is 0 Å². The molecule has 1 aromatic carbocycles. The van der Waals surface area contributed by atoms with Gasteiger partial charge in [-0.1, -0.05) is 0 Å².